The highest BCUT2D eigenvalue weighted by atomic mass is 16.5. The highest BCUT2D eigenvalue weighted by Crippen LogP contribution is 2.35. The molecular formula is C8H16O3. The topological polar surface area (TPSA) is 38.7 Å². The predicted molar refractivity (Wildman–Crippen MR) is 41.4 cm³/mol. The van der Waals surface area contributed by atoms with Gasteiger partial charge in [-0.2, -0.15) is 0 Å². The summed E-state index contributed by atoms with van der Waals surface area (Å²) in [4.78, 5) is 0. The van der Waals surface area contributed by atoms with Gasteiger partial charge in [-0.15, -0.1) is 0 Å². The molecule has 1 N–H and O–H groups in total. The Hall–Kier alpha value is -0.120. The second-order valence-corrected chi connectivity index (χ2v) is 3.06. The van der Waals surface area contributed by atoms with Crippen LogP contribution in [0.5, 0.6) is 0 Å². The fraction of sp³-hybridized carbons (Fsp3) is 1.00. The first-order valence-corrected chi connectivity index (χ1v) is 3.99. The minimum atomic E-state index is -0.461. The zero-order valence-electron chi connectivity index (χ0n) is 7.12. The Bertz CT molecular complexity index is 112. The Labute approximate surface area is 67.3 Å². The van der Waals surface area contributed by atoms with E-state index in [1.54, 1.807) is 14.2 Å². The number of methoxy groups -OCH3 is 2. The minimum absolute atomic E-state index is 0.0186. The van der Waals surface area contributed by atoms with Crippen molar-refractivity contribution in [2.24, 2.45) is 5.92 Å². The Balaban J connectivity index is 2.27. The van der Waals surface area contributed by atoms with Gasteiger partial charge < -0.3 is 14.6 Å². The quantitative estimate of drug-likeness (QED) is 0.633. The van der Waals surface area contributed by atoms with Crippen LogP contribution < -0.4 is 0 Å². The molecule has 3 heteroatoms. The molecule has 2 atom stereocenters. The van der Waals surface area contributed by atoms with E-state index in [2.05, 4.69) is 0 Å². The summed E-state index contributed by atoms with van der Waals surface area (Å²) in [5.74, 6) is 0.560. The van der Waals surface area contributed by atoms with E-state index in [1.165, 1.54) is 12.8 Å². The van der Waals surface area contributed by atoms with Crippen LogP contribution in [0.15, 0.2) is 0 Å². The van der Waals surface area contributed by atoms with Crippen LogP contribution in [0.4, 0.5) is 0 Å². The Morgan fingerprint density at radius 3 is 2.45 bits per heavy atom. The third-order valence-corrected chi connectivity index (χ3v) is 2.08. The van der Waals surface area contributed by atoms with Crippen LogP contribution >= 0.6 is 0 Å². The molecule has 1 fully saturated rings. The van der Waals surface area contributed by atoms with Gasteiger partial charge in [0.25, 0.3) is 0 Å². The van der Waals surface area contributed by atoms with Crippen LogP contribution in [-0.2, 0) is 9.47 Å². The summed E-state index contributed by atoms with van der Waals surface area (Å²) >= 11 is 0. The molecule has 0 aliphatic heterocycles. The number of rotatable bonds is 5. The minimum Gasteiger partial charge on any atom is -0.388 e. The molecular weight excluding hydrogens is 144 g/mol. The highest BCUT2D eigenvalue weighted by Gasteiger charge is 2.35. The molecule has 0 aromatic heterocycles. The third-order valence-electron chi connectivity index (χ3n) is 2.08. The largest absolute Gasteiger partial charge is 0.388 e. The fourth-order valence-corrected chi connectivity index (χ4v) is 1.35. The lowest BCUT2D eigenvalue weighted by atomic mass is 10.1. The van der Waals surface area contributed by atoms with Crippen molar-refractivity contribution in [2.75, 3.05) is 20.8 Å². The molecule has 1 aliphatic rings. The van der Waals surface area contributed by atoms with E-state index in [9.17, 15) is 5.11 Å². The van der Waals surface area contributed by atoms with E-state index < -0.39 is 6.10 Å². The monoisotopic (exact) mass is 160 g/mol. The second-order valence-electron chi connectivity index (χ2n) is 3.06. The first-order chi connectivity index (χ1) is 5.29. The van der Waals surface area contributed by atoms with Crippen LogP contribution in [0.3, 0.4) is 0 Å². The number of ether oxygens (including phenoxy) is 2. The molecule has 0 heterocycles. The van der Waals surface area contributed by atoms with Crippen molar-refractivity contribution in [1.82, 2.24) is 0 Å². The molecule has 0 bridgehead atoms. The first kappa shape index (κ1) is 8.97. The maximum Gasteiger partial charge on any atom is 0.104 e. The lowest BCUT2D eigenvalue weighted by Crippen LogP contribution is -2.33. The van der Waals surface area contributed by atoms with Crippen molar-refractivity contribution in [1.29, 1.82) is 0 Å². The lowest BCUT2D eigenvalue weighted by molar-refractivity contribution is -0.0562. The van der Waals surface area contributed by atoms with E-state index >= 15 is 0 Å². The molecule has 1 rings (SSSR count). The van der Waals surface area contributed by atoms with Gasteiger partial charge in [-0.25, -0.2) is 0 Å². The number of aliphatic hydroxyl groups excluding tert-OH is 1. The molecule has 0 aromatic rings. The van der Waals surface area contributed by atoms with Crippen LogP contribution in [0.2, 0.25) is 0 Å². The number of hydrogen-bond donors (Lipinski definition) is 1. The molecule has 0 radical (unpaired) electrons. The average Bonchev–Trinajstić information content (AvgIpc) is 2.73. The third kappa shape index (κ3) is 2.43. The molecule has 1 saturated carbocycles. The molecule has 0 amide bonds. The van der Waals surface area contributed by atoms with Crippen molar-refractivity contribution in [3.63, 3.8) is 0 Å². The number of aliphatic hydroxyl groups is 1. The summed E-state index contributed by atoms with van der Waals surface area (Å²) in [5, 5.41) is 9.47. The SMILES string of the molecule is COCC(O)C(OC)C1CC1. The normalized spacial score (nSPS) is 23.2. The maximum atomic E-state index is 9.47. The summed E-state index contributed by atoms with van der Waals surface area (Å²) in [7, 11) is 3.23. The van der Waals surface area contributed by atoms with E-state index in [-0.39, 0.29) is 6.10 Å². The van der Waals surface area contributed by atoms with E-state index in [1.807, 2.05) is 0 Å². The Morgan fingerprint density at radius 1 is 1.45 bits per heavy atom. The van der Waals surface area contributed by atoms with Crippen molar-refractivity contribution in [3.05, 3.63) is 0 Å². The Kier molecular flexibility index (Phi) is 3.30. The summed E-state index contributed by atoms with van der Waals surface area (Å²) < 4.78 is 9.99. The summed E-state index contributed by atoms with van der Waals surface area (Å²) in [6.07, 6.45) is 1.88. The van der Waals surface area contributed by atoms with Gasteiger partial charge in [0.05, 0.1) is 12.7 Å². The molecule has 0 aromatic carbocycles. The molecule has 0 saturated heterocycles. The van der Waals surface area contributed by atoms with Gasteiger partial charge in [0.15, 0.2) is 0 Å². The van der Waals surface area contributed by atoms with Gasteiger partial charge in [0, 0.05) is 14.2 Å². The highest BCUT2D eigenvalue weighted by molar-refractivity contribution is 4.86. The van der Waals surface area contributed by atoms with Crippen molar-refractivity contribution in [2.45, 2.75) is 25.0 Å². The predicted octanol–water partition coefficient (Wildman–Crippen LogP) is 0.419. The van der Waals surface area contributed by atoms with Crippen molar-refractivity contribution in [3.8, 4) is 0 Å². The second kappa shape index (κ2) is 4.04. The van der Waals surface area contributed by atoms with Crippen LogP contribution in [0.25, 0.3) is 0 Å². The smallest absolute Gasteiger partial charge is 0.104 e. The molecule has 3 nitrogen and oxygen atoms in total. The van der Waals surface area contributed by atoms with Crippen LogP contribution in [0.1, 0.15) is 12.8 Å². The first-order valence-electron chi connectivity index (χ1n) is 3.99. The van der Waals surface area contributed by atoms with E-state index in [4.69, 9.17) is 9.47 Å². The van der Waals surface area contributed by atoms with Crippen molar-refractivity contribution < 1.29 is 14.6 Å². The van der Waals surface area contributed by atoms with Gasteiger partial charge >= 0.3 is 0 Å². The van der Waals surface area contributed by atoms with Gasteiger partial charge in [0.2, 0.25) is 0 Å². The molecule has 11 heavy (non-hydrogen) atoms. The van der Waals surface area contributed by atoms with Gasteiger partial charge in [-0.05, 0) is 18.8 Å². The summed E-state index contributed by atoms with van der Waals surface area (Å²) in [6.45, 7) is 0.370. The fourth-order valence-electron chi connectivity index (χ4n) is 1.35. The van der Waals surface area contributed by atoms with Gasteiger partial charge in [-0.3, -0.25) is 0 Å². The lowest BCUT2D eigenvalue weighted by Gasteiger charge is -2.20. The van der Waals surface area contributed by atoms with Crippen LogP contribution in [-0.4, -0.2) is 38.1 Å². The van der Waals surface area contributed by atoms with Crippen LogP contribution in [0, 0.1) is 5.92 Å². The zero-order valence-corrected chi connectivity index (χ0v) is 7.12. The molecule has 0 spiro atoms. The maximum absolute atomic E-state index is 9.47. The molecule has 2 unspecified atom stereocenters. The Morgan fingerprint density at radius 2 is 2.09 bits per heavy atom. The summed E-state index contributed by atoms with van der Waals surface area (Å²) in [6, 6.07) is 0. The summed E-state index contributed by atoms with van der Waals surface area (Å²) in [5.41, 5.74) is 0. The van der Waals surface area contributed by atoms with Gasteiger partial charge in [-0.1, -0.05) is 0 Å². The average molecular weight is 160 g/mol. The van der Waals surface area contributed by atoms with Gasteiger partial charge in [0.1, 0.15) is 6.10 Å². The number of hydrogen-bond acceptors (Lipinski definition) is 3. The molecule has 1 aliphatic carbocycles. The molecule has 66 valence electrons. The standard InChI is InChI=1S/C8H16O3/c1-10-5-7(9)8(11-2)6-3-4-6/h6-9H,3-5H2,1-2H3. The van der Waals surface area contributed by atoms with E-state index in [0.29, 0.717) is 12.5 Å². The van der Waals surface area contributed by atoms with Crippen molar-refractivity contribution >= 4 is 0 Å². The van der Waals surface area contributed by atoms with E-state index in [0.717, 1.165) is 0 Å². The zero-order chi connectivity index (χ0) is 8.27.